The molecule has 118 valence electrons. The van der Waals surface area contributed by atoms with Gasteiger partial charge < -0.3 is 4.90 Å². The second kappa shape index (κ2) is 7.60. The summed E-state index contributed by atoms with van der Waals surface area (Å²) in [5.41, 5.74) is 6.49. The van der Waals surface area contributed by atoms with E-state index in [1.165, 1.54) is 16.7 Å². The van der Waals surface area contributed by atoms with Crippen LogP contribution >= 0.6 is 0 Å². The molecule has 0 saturated carbocycles. The molecular weight excluding hydrogens is 282 g/mol. The van der Waals surface area contributed by atoms with Crippen LogP contribution in [0.15, 0.2) is 41.4 Å². The first-order valence-corrected chi connectivity index (χ1v) is 7.87. The molecule has 0 aliphatic rings. The molecule has 23 heavy (non-hydrogen) atoms. The Labute approximate surface area is 138 Å². The topological polar surface area (TPSA) is 39.4 Å². The fourth-order valence-electron chi connectivity index (χ4n) is 2.54. The monoisotopic (exact) mass is 305 g/mol. The number of rotatable bonds is 5. The molecule has 0 aromatic heterocycles. The normalized spacial score (nSPS) is 10.7. The lowest BCUT2D eigenvalue weighted by Gasteiger charge is -2.13. The van der Waals surface area contributed by atoms with E-state index >= 15 is 0 Å². The number of hydrogen-bond acceptors (Lipinski definition) is 2. The average molecular weight is 305 g/mol. The highest BCUT2D eigenvalue weighted by molar-refractivity contribution is 5.62. The predicted molar refractivity (Wildman–Crippen MR) is 96.3 cm³/mol. The minimum absolute atomic E-state index is 0.748. The molecule has 0 spiro atoms. The van der Waals surface area contributed by atoms with Crippen LogP contribution in [-0.2, 0) is 6.42 Å². The van der Waals surface area contributed by atoms with Crippen molar-refractivity contribution in [3.8, 4) is 6.07 Å². The Hall–Kier alpha value is -2.60. The molecule has 0 saturated heterocycles. The van der Waals surface area contributed by atoms with Crippen molar-refractivity contribution in [1.29, 1.82) is 5.26 Å². The molecule has 0 fully saturated rings. The van der Waals surface area contributed by atoms with E-state index < -0.39 is 0 Å². The first-order chi connectivity index (χ1) is 11.0. The fourth-order valence-corrected chi connectivity index (χ4v) is 2.54. The third-order valence-corrected chi connectivity index (χ3v) is 4.09. The van der Waals surface area contributed by atoms with Crippen LogP contribution < -0.4 is 0 Å². The van der Waals surface area contributed by atoms with Crippen molar-refractivity contribution in [3.63, 3.8) is 0 Å². The van der Waals surface area contributed by atoms with Gasteiger partial charge >= 0.3 is 0 Å². The number of nitrogens with zero attached hydrogens (tertiary/aromatic N) is 3. The van der Waals surface area contributed by atoms with Crippen molar-refractivity contribution in [1.82, 2.24) is 4.90 Å². The van der Waals surface area contributed by atoms with E-state index in [0.29, 0.717) is 0 Å². The average Bonchev–Trinajstić information content (AvgIpc) is 2.56. The Morgan fingerprint density at radius 3 is 2.43 bits per heavy atom. The molecule has 0 N–H and O–H groups in total. The van der Waals surface area contributed by atoms with E-state index in [9.17, 15) is 5.26 Å². The lowest BCUT2D eigenvalue weighted by atomic mass is 9.93. The van der Waals surface area contributed by atoms with Crippen LogP contribution in [0.4, 0.5) is 5.69 Å². The summed E-state index contributed by atoms with van der Waals surface area (Å²) in [7, 11) is 2.01. The number of benzene rings is 2. The molecule has 0 amide bonds. The van der Waals surface area contributed by atoms with Gasteiger partial charge in [0.15, 0.2) is 0 Å². The zero-order valence-electron chi connectivity index (χ0n) is 14.3. The summed E-state index contributed by atoms with van der Waals surface area (Å²) in [6.07, 6.45) is 2.64. The summed E-state index contributed by atoms with van der Waals surface area (Å²) in [5.74, 6) is 0. The van der Waals surface area contributed by atoms with E-state index in [1.807, 2.05) is 42.6 Å². The summed E-state index contributed by atoms with van der Waals surface area (Å²) in [5, 5.41) is 9.25. The smallest absolute Gasteiger partial charge is 0.0994 e. The molecule has 2 aromatic carbocycles. The Kier molecular flexibility index (Phi) is 5.54. The highest BCUT2D eigenvalue weighted by atomic mass is 15.1. The zero-order chi connectivity index (χ0) is 16.8. The first kappa shape index (κ1) is 16.8. The molecule has 2 aromatic rings. The second-order valence-electron chi connectivity index (χ2n) is 5.82. The molecule has 2 rings (SSSR count). The van der Waals surface area contributed by atoms with Crippen LogP contribution in [0.5, 0.6) is 0 Å². The van der Waals surface area contributed by atoms with Crippen LogP contribution in [0.1, 0.15) is 34.7 Å². The van der Waals surface area contributed by atoms with Gasteiger partial charge in [0.25, 0.3) is 0 Å². The second-order valence-corrected chi connectivity index (χ2v) is 5.82. The summed E-state index contributed by atoms with van der Waals surface area (Å²) >= 11 is 0. The highest BCUT2D eigenvalue weighted by Gasteiger charge is 2.09. The molecule has 0 atom stereocenters. The Morgan fingerprint density at radius 1 is 1.17 bits per heavy atom. The van der Waals surface area contributed by atoms with Crippen LogP contribution in [-0.4, -0.2) is 24.8 Å². The molecule has 0 aliphatic carbocycles. The van der Waals surface area contributed by atoms with Crippen molar-refractivity contribution in [2.24, 2.45) is 4.99 Å². The Bertz CT molecular complexity index is 731. The first-order valence-electron chi connectivity index (χ1n) is 7.87. The van der Waals surface area contributed by atoms with E-state index in [4.69, 9.17) is 0 Å². The molecule has 0 bridgehead atoms. The predicted octanol–water partition coefficient (Wildman–Crippen LogP) is 4.38. The number of nitriles is 1. The van der Waals surface area contributed by atoms with Gasteiger partial charge in [0, 0.05) is 13.6 Å². The van der Waals surface area contributed by atoms with Crippen LogP contribution in [0.3, 0.4) is 0 Å². The SMILES string of the molecule is CCN(C)C=Nc1cc(C)c(Cc2ccccc2C#N)c(C)c1. The molecule has 3 nitrogen and oxygen atoms in total. The van der Waals surface area contributed by atoms with Gasteiger partial charge in [0.1, 0.15) is 0 Å². The summed E-state index contributed by atoms with van der Waals surface area (Å²) in [4.78, 5) is 6.57. The van der Waals surface area contributed by atoms with Gasteiger partial charge in [-0.25, -0.2) is 4.99 Å². The fraction of sp³-hybridized carbons (Fsp3) is 0.300. The van der Waals surface area contributed by atoms with E-state index in [2.05, 4.69) is 44.0 Å². The van der Waals surface area contributed by atoms with Gasteiger partial charge in [-0.15, -0.1) is 0 Å². The number of hydrogen-bond donors (Lipinski definition) is 0. The van der Waals surface area contributed by atoms with Crippen LogP contribution in [0, 0.1) is 25.2 Å². The maximum absolute atomic E-state index is 9.25. The minimum atomic E-state index is 0.748. The van der Waals surface area contributed by atoms with Crippen LogP contribution in [0.25, 0.3) is 0 Å². The van der Waals surface area contributed by atoms with Crippen molar-refractivity contribution in [2.45, 2.75) is 27.2 Å². The largest absolute Gasteiger partial charge is 0.366 e. The lowest BCUT2D eigenvalue weighted by molar-refractivity contribution is 0.552. The molecule has 0 heterocycles. The van der Waals surface area contributed by atoms with Gasteiger partial charge in [0.05, 0.1) is 23.7 Å². The van der Waals surface area contributed by atoms with Crippen LogP contribution in [0.2, 0.25) is 0 Å². The van der Waals surface area contributed by atoms with Crippen molar-refractivity contribution >= 4 is 12.0 Å². The van der Waals surface area contributed by atoms with Crippen molar-refractivity contribution in [2.75, 3.05) is 13.6 Å². The highest BCUT2D eigenvalue weighted by Crippen LogP contribution is 2.25. The maximum atomic E-state index is 9.25. The third kappa shape index (κ3) is 4.20. The van der Waals surface area contributed by atoms with E-state index in [1.54, 1.807) is 0 Å². The van der Waals surface area contributed by atoms with E-state index in [0.717, 1.165) is 29.8 Å². The Morgan fingerprint density at radius 2 is 1.83 bits per heavy atom. The molecular formula is C20H23N3. The van der Waals surface area contributed by atoms with Crippen molar-refractivity contribution < 1.29 is 0 Å². The molecule has 3 heteroatoms. The minimum Gasteiger partial charge on any atom is -0.366 e. The van der Waals surface area contributed by atoms with Crippen molar-refractivity contribution in [3.05, 3.63) is 64.2 Å². The van der Waals surface area contributed by atoms with Gasteiger partial charge in [0.2, 0.25) is 0 Å². The zero-order valence-corrected chi connectivity index (χ0v) is 14.3. The molecule has 0 unspecified atom stereocenters. The number of aryl methyl sites for hydroxylation is 2. The lowest BCUT2D eigenvalue weighted by Crippen LogP contribution is -2.14. The number of aliphatic imine (C=N–C) groups is 1. The summed E-state index contributed by atoms with van der Waals surface area (Å²) in [6.45, 7) is 7.25. The van der Waals surface area contributed by atoms with Gasteiger partial charge in [-0.3, -0.25) is 0 Å². The van der Waals surface area contributed by atoms with Gasteiger partial charge in [-0.05, 0) is 67.6 Å². The molecule has 0 aliphatic heterocycles. The van der Waals surface area contributed by atoms with Gasteiger partial charge in [-0.1, -0.05) is 18.2 Å². The Balaban J connectivity index is 2.31. The van der Waals surface area contributed by atoms with Gasteiger partial charge in [-0.2, -0.15) is 5.26 Å². The molecule has 0 radical (unpaired) electrons. The standard InChI is InChI=1S/C20H23N3/c1-5-23(4)14-22-19-10-15(2)20(16(3)11-19)12-17-8-6-7-9-18(17)13-21/h6-11,14H,5,12H2,1-4H3. The quantitative estimate of drug-likeness (QED) is 0.607. The summed E-state index contributed by atoms with van der Waals surface area (Å²) < 4.78 is 0. The maximum Gasteiger partial charge on any atom is 0.0994 e. The van der Waals surface area contributed by atoms with E-state index in [-0.39, 0.29) is 0 Å². The summed E-state index contributed by atoms with van der Waals surface area (Å²) in [6, 6.07) is 14.3. The third-order valence-electron chi connectivity index (χ3n) is 4.09.